The SMILES string of the molecule is NC(=O)CCS(=O)(=O)CC1=C(C(=O)O)N2C(=O)C(NC(=O)/C(=N\O)c3csc(N)n3)[C@H]2SC1. The van der Waals surface area contributed by atoms with E-state index in [2.05, 4.69) is 15.5 Å². The number of thioether (sulfide) groups is 1. The van der Waals surface area contributed by atoms with Crippen molar-refractivity contribution in [2.45, 2.75) is 17.8 Å². The summed E-state index contributed by atoms with van der Waals surface area (Å²) < 4.78 is 24.5. The Morgan fingerprint density at radius 1 is 1.36 bits per heavy atom. The van der Waals surface area contributed by atoms with Gasteiger partial charge in [0.2, 0.25) is 5.91 Å². The minimum Gasteiger partial charge on any atom is -0.477 e. The van der Waals surface area contributed by atoms with Gasteiger partial charge in [-0.05, 0) is 5.57 Å². The summed E-state index contributed by atoms with van der Waals surface area (Å²) >= 11 is 2.06. The predicted octanol–water partition coefficient (Wildman–Crippen LogP) is -2.07. The van der Waals surface area contributed by atoms with Crippen LogP contribution >= 0.6 is 23.1 Å². The summed E-state index contributed by atoms with van der Waals surface area (Å²) in [6.45, 7) is 0. The van der Waals surface area contributed by atoms with E-state index in [4.69, 9.17) is 11.5 Å². The molecule has 1 aromatic rings. The number of hydrogen-bond acceptors (Lipinski definition) is 12. The fourth-order valence-electron chi connectivity index (χ4n) is 3.21. The molecule has 0 aromatic carbocycles. The molecule has 178 valence electrons. The van der Waals surface area contributed by atoms with Crippen molar-refractivity contribution in [2.75, 3.05) is 23.0 Å². The van der Waals surface area contributed by atoms with Crippen LogP contribution in [0.15, 0.2) is 21.8 Å². The van der Waals surface area contributed by atoms with E-state index in [1.54, 1.807) is 0 Å². The molecule has 0 spiro atoms. The van der Waals surface area contributed by atoms with Crippen molar-refractivity contribution in [3.63, 3.8) is 0 Å². The molecule has 1 saturated heterocycles. The Hall–Kier alpha value is -3.18. The Bertz CT molecular complexity index is 1190. The zero-order valence-electron chi connectivity index (χ0n) is 16.6. The molecule has 2 aliphatic rings. The minimum atomic E-state index is -3.86. The number of aliphatic carboxylic acids is 1. The Morgan fingerprint density at radius 2 is 2.06 bits per heavy atom. The molecule has 0 radical (unpaired) electrons. The average molecular weight is 519 g/mol. The molecule has 1 fully saturated rings. The molecule has 3 rings (SSSR count). The molecule has 33 heavy (non-hydrogen) atoms. The van der Waals surface area contributed by atoms with E-state index in [1.165, 1.54) is 5.38 Å². The van der Waals surface area contributed by atoms with Crippen LogP contribution in [0.1, 0.15) is 12.1 Å². The average Bonchev–Trinajstić information content (AvgIpc) is 3.16. The second-order valence-electron chi connectivity index (χ2n) is 6.95. The van der Waals surface area contributed by atoms with Crippen LogP contribution in [0, 0.1) is 0 Å². The third kappa shape index (κ3) is 5.09. The molecule has 3 amide bonds. The fraction of sp³-hybridized carbons (Fsp3) is 0.375. The van der Waals surface area contributed by atoms with Gasteiger partial charge in [0.05, 0.1) is 11.5 Å². The number of sulfone groups is 1. The van der Waals surface area contributed by atoms with Gasteiger partial charge in [-0.25, -0.2) is 18.2 Å². The second kappa shape index (κ2) is 9.36. The summed E-state index contributed by atoms with van der Waals surface area (Å²) in [7, 11) is -3.86. The highest BCUT2D eigenvalue weighted by Gasteiger charge is 2.54. The van der Waals surface area contributed by atoms with Crippen molar-refractivity contribution >= 4 is 67.5 Å². The zero-order chi connectivity index (χ0) is 24.5. The monoisotopic (exact) mass is 518 g/mol. The van der Waals surface area contributed by atoms with Gasteiger partial charge in [0, 0.05) is 17.6 Å². The van der Waals surface area contributed by atoms with Gasteiger partial charge in [-0.3, -0.25) is 19.3 Å². The maximum absolute atomic E-state index is 12.7. The quantitative estimate of drug-likeness (QED) is 0.103. The Balaban J connectivity index is 1.77. The van der Waals surface area contributed by atoms with E-state index in [1.807, 2.05) is 0 Å². The lowest BCUT2D eigenvalue weighted by molar-refractivity contribution is -0.150. The van der Waals surface area contributed by atoms with Crippen LogP contribution in [0.2, 0.25) is 0 Å². The minimum absolute atomic E-state index is 0.00741. The lowest BCUT2D eigenvalue weighted by Crippen LogP contribution is -2.71. The van der Waals surface area contributed by atoms with E-state index in [0.717, 1.165) is 28.0 Å². The number of aromatic nitrogens is 1. The van der Waals surface area contributed by atoms with Crippen LogP contribution in [-0.4, -0.2) is 86.7 Å². The number of carbonyl (C=O) groups excluding carboxylic acids is 3. The summed E-state index contributed by atoms with van der Waals surface area (Å²) in [5.74, 6) is -5.27. The number of carboxylic acids is 1. The van der Waals surface area contributed by atoms with E-state index in [0.29, 0.717) is 0 Å². The lowest BCUT2D eigenvalue weighted by atomic mass is 10.0. The summed E-state index contributed by atoms with van der Waals surface area (Å²) in [6, 6.07) is -1.14. The third-order valence-electron chi connectivity index (χ3n) is 4.67. The molecular formula is C16H18N6O8S3. The predicted molar refractivity (Wildman–Crippen MR) is 117 cm³/mol. The maximum atomic E-state index is 12.7. The number of hydrogen-bond donors (Lipinski definition) is 5. The first-order valence-corrected chi connectivity index (χ1v) is 12.8. The van der Waals surface area contributed by atoms with Crippen molar-refractivity contribution in [2.24, 2.45) is 10.9 Å². The smallest absolute Gasteiger partial charge is 0.352 e. The Labute approximate surface area is 194 Å². The molecule has 2 atom stereocenters. The molecule has 2 aliphatic heterocycles. The molecule has 1 unspecified atom stereocenters. The van der Waals surface area contributed by atoms with Gasteiger partial charge in [-0.1, -0.05) is 5.16 Å². The van der Waals surface area contributed by atoms with Crippen molar-refractivity contribution < 1.29 is 37.9 Å². The zero-order valence-corrected chi connectivity index (χ0v) is 19.1. The number of β-lactam (4-membered cyclic amide) rings is 1. The van der Waals surface area contributed by atoms with Crippen molar-refractivity contribution in [3.8, 4) is 0 Å². The lowest BCUT2D eigenvalue weighted by Gasteiger charge is -2.49. The molecule has 0 aliphatic carbocycles. The molecule has 14 nitrogen and oxygen atoms in total. The van der Waals surface area contributed by atoms with E-state index in [9.17, 15) is 37.9 Å². The Morgan fingerprint density at radius 3 is 2.61 bits per heavy atom. The van der Waals surface area contributed by atoms with Gasteiger partial charge in [-0.2, -0.15) is 0 Å². The number of nitrogen functional groups attached to an aromatic ring is 1. The first-order chi connectivity index (χ1) is 15.4. The van der Waals surface area contributed by atoms with Crippen molar-refractivity contribution in [1.82, 2.24) is 15.2 Å². The molecule has 7 N–H and O–H groups in total. The van der Waals surface area contributed by atoms with E-state index < -0.39 is 74.3 Å². The topological polar surface area (TPSA) is 235 Å². The van der Waals surface area contributed by atoms with Gasteiger partial charge in [-0.15, -0.1) is 23.1 Å². The molecule has 1 aromatic heterocycles. The maximum Gasteiger partial charge on any atom is 0.352 e. The number of primary amides is 1. The number of anilines is 1. The van der Waals surface area contributed by atoms with Crippen molar-refractivity contribution in [1.29, 1.82) is 0 Å². The molecule has 17 heteroatoms. The number of nitrogens with one attached hydrogen (secondary N) is 1. The number of nitrogens with two attached hydrogens (primary N) is 2. The molecular weight excluding hydrogens is 500 g/mol. The standard InChI is InChI=1S/C16H18N6O8S3/c17-8(23)1-2-33(29,30)5-6-3-31-14-10(13(25)22(14)11(6)15(26)27)20-12(24)9(21-28)7-4-32-16(18)19-7/h4,10,14,28H,1-3,5H2,(H2,17,23)(H2,18,19)(H,20,24)(H,26,27)/b21-9-/t10?,14-/m1/s1. The number of rotatable bonds is 9. The highest BCUT2D eigenvalue weighted by Crippen LogP contribution is 2.40. The highest BCUT2D eigenvalue weighted by molar-refractivity contribution is 8.00. The normalized spacial score (nSPS) is 20.8. The summed E-state index contributed by atoms with van der Waals surface area (Å²) in [5, 5.41) is 24.8. The summed E-state index contributed by atoms with van der Waals surface area (Å²) in [6.07, 6.45) is -0.413. The highest BCUT2D eigenvalue weighted by atomic mass is 32.2. The van der Waals surface area contributed by atoms with Crippen molar-refractivity contribution in [3.05, 3.63) is 22.3 Å². The van der Waals surface area contributed by atoms with E-state index >= 15 is 0 Å². The van der Waals surface area contributed by atoms with Crippen LogP contribution in [0.4, 0.5) is 5.13 Å². The van der Waals surface area contributed by atoms with Crippen LogP contribution in [0.5, 0.6) is 0 Å². The number of carboxylic acid groups (broad SMARTS) is 1. The number of nitrogens with zero attached hydrogens (tertiary/aromatic N) is 3. The fourth-order valence-corrected chi connectivity index (χ4v) is 6.66. The van der Waals surface area contributed by atoms with Gasteiger partial charge in [0.15, 0.2) is 20.7 Å². The summed E-state index contributed by atoms with van der Waals surface area (Å²) in [4.78, 5) is 52.6. The number of carbonyl (C=O) groups is 4. The van der Waals surface area contributed by atoms with Gasteiger partial charge in [0.1, 0.15) is 22.8 Å². The molecule has 3 heterocycles. The number of oxime groups is 1. The molecule has 0 saturated carbocycles. The number of fused-ring (bicyclic) bond motifs is 1. The van der Waals surface area contributed by atoms with Crippen LogP contribution in [0.25, 0.3) is 0 Å². The first kappa shape index (κ1) is 24.5. The summed E-state index contributed by atoms with van der Waals surface area (Å²) in [5.41, 5.74) is 9.48. The molecule has 0 bridgehead atoms. The van der Waals surface area contributed by atoms with E-state index in [-0.39, 0.29) is 22.2 Å². The van der Waals surface area contributed by atoms with Gasteiger partial charge < -0.3 is 27.1 Å². The number of amides is 3. The third-order valence-corrected chi connectivity index (χ3v) is 8.30. The van der Waals surface area contributed by atoms with Crippen LogP contribution in [-0.2, 0) is 29.0 Å². The number of thiazole rings is 1. The van der Waals surface area contributed by atoms with Gasteiger partial charge in [0.25, 0.3) is 11.8 Å². The largest absolute Gasteiger partial charge is 0.477 e. The second-order valence-corrected chi connectivity index (χ2v) is 11.1. The van der Waals surface area contributed by atoms with Gasteiger partial charge >= 0.3 is 5.97 Å². The van der Waals surface area contributed by atoms with Crippen LogP contribution in [0.3, 0.4) is 0 Å². The van der Waals surface area contributed by atoms with Crippen LogP contribution < -0.4 is 16.8 Å². The Kier molecular flexibility index (Phi) is 6.94. The first-order valence-electron chi connectivity index (χ1n) is 9.08.